The Balaban J connectivity index is 2.38. The van der Waals surface area contributed by atoms with Crippen molar-refractivity contribution in [2.45, 2.75) is 25.5 Å². The largest absolute Gasteiger partial charge is 0.383 e. The number of thiophene rings is 1. The molecule has 6 heteroatoms. The number of nitrogens with one attached hydrogen (secondary N) is 2. The summed E-state index contributed by atoms with van der Waals surface area (Å²) in [5.41, 5.74) is -1.02. The molecule has 1 aromatic heterocycles. The summed E-state index contributed by atoms with van der Waals surface area (Å²) in [6, 6.07) is 3.62. The van der Waals surface area contributed by atoms with Crippen molar-refractivity contribution in [2.24, 2.45) is 0 Å². The predicted molar refractivity (Wildman–Crippen MR) is 78.3 cm³/mol. The Labute approximate surface area is 116 Å². The van der Waals surface area contributed by atoms with E-state index in [0.29, 0.717) is 0 Å². The summed E-state index contributed by atoms with van der Waals surface area (Å²) in [4.78, 5) is 12.5. The molecule has 0 spiro atoms. The molecule has 102 valence electrons. The molecule has 2 atom stereocenters. The van der Waals surface area contributed by atoms with Crippen LogP contribution in [0.25, 0.3) is 0 Å². The van der Waals surface area contributed by atoms with E-state index in [2.05, 4.69) is 10.6 Å². The van der Waals surface area contributed by atoms with Crippen molar-refractivity contribution in [1.29, 1.82) is 0 Å². The fourth-order valence-corrected chi connectivity index (χ4v) is 2.86. The molecular weight excluding hydrogens is 268 g/mol. The second-order valence-corrected chi connectivity index (χ2v) is 6.29. The Morgan fingerprint density at radius 2 is 2.39 bits per heavy atom. The predicted octanol–water partition coefficient (Wildman–Crippen LogP) is 2.01. The van der Waals surface area contributed by atoms with E-state index in [1.165, 1.54) is 11.3 Å². The van der Waals surface area contributed by atoms with E-state index in [1.807, 2.05) is 30.7 Å². The summed E-state index contributed by atoms with van der Waals surface area (Å²) in [5.74, 6) is 0.870. The minimum absolute atomic E-state index is 0.117. The SMILES string of the molecule is CSCC(C)NC(=O)NCC(C)(O)c1cccs1. The Morgan fingerprint density at radius 1 is 1.67 bits per heavy atom. The molecular formula is C12H20N2O2S2. The second kappa shape index (κ2) is 7.01. The monoisotopic (exact) mass is 288 g/mol. The molecule has 0 saturated carbocycles. The van der Waals surface area contributed by atoms with Crippen molar-refractivity contribution in [3.8, 4) is 0 Å². The Morgan fingerprint density at radius 3 is 2.94 bits per heavy atom. The maximum absolute atomic E-state index is 11.6. The van der Waals surface area contributed by atoms with Gasteiger partial charge in [0, 0.05) is 16.7 Å². The van der Waals surface area contributed by atoms with Crippen molar-refractivity contribution in [1.82, 2.24) is 10.6 Å². The van der Waals surface area contributed by atoms with Crippen LogP contribution in [-0.2, 0) is 5.60 Å². The van der Waals surface area contributed by atoms with Crippen LogP contribution in [0.3, 0.4) is 0 Å². The van der Waals surface area contributed by atoms with Gasteiger partial charge in [-0.2, -0.15) is 11.8 Å². The van der Waals surface area contributed by atoms with Crippen LogP contribution in [0.5, 0.6) is 0 Å². The van der Waals surface area contributed by atoms with Gasteiger partial charge in [0.05, 0.1) is 6.54 Å². The summed E-state index contributed by atoms with van der Waals surface area (Å²) >= 11 is 3.16. The first-order valence-electron chi connectivity index (χ1n) is 5.75. The van der Waals surface area contributed by atoms with Crippen molar-refractivity contribution in [2.75, 3.05) is 18.6 Å². The molecule has 1 rings (SSSR count). The molecule has 0 fully saturated rings. The van der Waals surface area contributed by atoms with Gasteiger partial charge in [-0.05, 0) is 31.5 Å². The van der Waals surface area contributed by atoms with Crippen LogP contribution in [0, 0.1) is 0 Å². The van der Waals surface area contributed by atoms with Gasteiger partial charge >= 0.3 is 6.03 Å². The van der Waals surface area contributed by atoms with Crippen LogP contribution >= 0.6 is 23.1 Å². The van der Waals surface area contributed by atoms with Crippen LogP contribution in [0.2, 0.25) is 0 Å². The van der Waals surface area contributed by atoms with Gasteiger partial charge in [0.2, 0.25) is 0 Å². The first kappa shape index (κ1) is 15.3. The number of thioether (sulfide) groups is 1. The van der Waals surface area contributed by atoms with E-state index in [-0.39, 0.29) is 18.6 Å². The second-order valence-electron chi connectivity index (χ2n) is 4.43. The fourth-order valence-electron chi connectivity index (χ4n) is 1.49. The highest BCUT2D eigenvalue weighted by Crippen LogP contribution is 2.24. The van der Waals surface area contributed by atoms with Gasteiger partial charge in [0.25, 0.3) is 0 Å². The minimum atomic E-state index is -1.02. The molecule has 1 aromatic rings. The molecule has 0 aliphatic carbocycles. The van der Waals surface area contributed by atoms with Gasteiger partial charge in [-0.25, -0.2) is 4.79 Å². The van der Waals surface area contributed by atoms with E-state index in [1.54, 1.807) is 18.7 Å². The van der Waals surface area contributed by atoms with Crippen LogP contribution in [0.15, 0.2) is 17.5 Å². The smallest absolute Gasteiger partial charge is 0.315 e. The molecule has 0 bridgehead atoms. The fraction of sp³-hybridized carbons (Fsp3) is 0.583. The van der Waals surface area contributed by atoms with Crippen LogP contribution < -0.4 is 10.6 Å². The molecule has 3 N–H and O–H groups in total. The van der Waals surface area contributed by atoms with Gasteiger partial charge in [0.15, 0.2) is 0 Å². The molecule has 0 aromatic carbocycles. The Kier molecular flexibility index (Phi) is 5.98. The lowest BCUT2D eigenvalue weighted by molar-refractivity contribution is 0.0630. The van der Waals surface area contributed by atoms with E-state index in [0.717, 1.165) is 10.6 Å². The summed E-state index contributed by atoms with van der Waals surface area (Å²) in [6.45, 7) is 3.85. The maximum atomic E-state index is 11.6. The molecule has 1 heterocycles. The lowest BCUT2D eigenvalue weighted by Crippen LogP contribution is -2.46. The topological polar surface area (TPSA) is 61.4 Å². The highest BCUT2D eigenvalue weighted by Gasteiger charge is 2.24. The van der Waals surface area contributed by atoms with Crippen molar-refractivity contribution < 1.29 is 9.90 Å². The van der Waals surface area contributed by atoms with Gasteiger partial charge < -0.3 is 15.7 Å². The van der Waals surface area contributed by atoms with E-state index in [9.17, 15) is 9.90 Å². The van der Waals surface area contributed by atoms with Gasteiger partial charge in [-0.1, -0.05) is 6.07 Å². The third-order valence-corrected chi connectivity index (χ3v) is 4.40. The van der Waals surface area contributed by atoms with Crippen LogP contribution in [0.4, 0.5) is 4.79 Å². The third-order valence-electron chi connectivity index (χ3n) is 2.44. The zero-order valence-corrected chi connectivity index (χ0v) is 12.5. The zero-order valence-electron chi connectivity index (χ0n) is 10.9. The zero-order chi connectivity index (χ0) is 13.6. The quantitative estimate of drug-likeness (QED) is 0.750. The van der Waals surface area contributed by atoms with Gasteiger partial charge in [-0.3, -0.25) is 0 Å². The highest BCUT2D eigenvalue weighted by molar-refractivity contribution is 7.98. The lowest BCUT2D eigenvalue weighted by atomic mass is 10.1. The number of urea groups is 1. The average molecular weight is 288 g/mol. The number of carbonyl (C=O) groups is 1. The van der Waals surface area contributed by atoms with Gasteiger partial charge in [-0.15, -0.1) is 11.3 Å². The summed E-state index contributed by atoms with van der Waals surface area (Å²) < 4.78 is 0. The summed E-state index contributed by atoms with van der Waals surface area (Å²) in [6.07, 6.45) is 2.00. The standard InChI is InChI=1S/C12H20N2O2S2/c1-9(7-17-3)14-11(15)13-8-12(2,16)10-5-4-6-18-10/h4-6,9,16H,7-8H2,1-3H3,(H2,13,14,15). The first-order valence-corrected chi connectivity index (χ1v) is 8.02. The van der Waals surface area contributed by atoms with Gasteiger partial charge in [0.1, 0.15) is 5.60 Å². The number of hydrogen-bond acceptors (Lipinski definition) is 4. The first-order chi connectivity index (χ1) is 8.45. The number of hydrogen-bond donors (Lipinski definition) is 3. The Hall–Kier alpha value is -0.720. The lowest BCUT2D eigenvalue weighted by Gasteiger charge is -2.23. The third kappa shape index (κ3) is 4.88. The van der Waals surface area contributed by atoms with Crippen molar-refractivity contribution in [3.63, 3.8) is 0 Å². The Bertz CT molecular complexity index is 366. The van der Waals surface area contributed by atoms with Crippen molar-refractivity contribution >= 4 is 29.1 Å². The molecule has 0 radical (unpaired) electrons. The van der Waals surface area contributed by atoms with E-state index in [4.69, 9.17) is 0 Å². The van der Waals surface area contributed by atoms with Crippen LogP contribution in [0.1, 0.15) is 18.7 Å². The molecule has 0 aliphatic rings. The summed E-state index contributed by atoms with van der Waals surface area (Å²) in [5, 5.41) is 17.6. The minimum Gasteiger partial charge on any atom is -0.383 e. The molecule has 0 saturated heterocycles. The maximum Gasteiger partial charge on any atom is 0.315 e. The van der Waals surface area contributed by atoms with Crippen LogP contribution in [-0.4, -0.2) is 35.7 Å². The number of aliphatic hydroxyl groups is 1. The molecule has 18 heavy (non-hydrogen) atoms. The molecule has 4 nitrogen and oxygen atoms in total. The molecule has 2 unspecified atom stereocenters. The summed E-state index contributed by atoms with van der Waals surface area (Å²) in [7, 11) is 0. The number of carbonyl (C=O) groups excluding carboxylic acids is 1. The average Bonchev–Trinajstić information content (AvgIpc) is 2.81. The molecule has 0 aliphatic heterocycles. The number of rotatable bonds is 6. The van der Waals surface area contributed by atoms with Crippen molar-refractivity contribution in [3.05, 3.63) is 22.4 Å². The molecule has 2 amide bonds. The van der Waals surface area contributed by atoms with E-state index >= 15 is 0 Å². The van der Waals surface area contributed by atoms with E-state index < -0.39 is 5.60 Å². The highest BCUT2D eigenvalue weighted by atomic mass is 32.2. The normalized spacial score (nSPS) is 15.8. The number of amides is 2.